The molecule has 1 saturated heterocycles. The Labute approximate surface area is 124 Å². The molecule has 114 valence electrons. The summed E-state index contributed by atoms with van der Waals surface area (Å²) in [4.78, 5) is 4.51. The van der Waals surface area contributed by atoms with Gasteiger partial charge in [0.25, 0.3) is 0 Å². The third kappa shape index (κ3) is 2.64. The van der Waals surface area contributed by atoms with Gasteiger partial charge in [0.15, 0.2) is 15.7 Å². The molecule has 1 aromatic rings. The number of nitrogens with two attached hydrogens (primary N) is 1. The summed E-state index contributed by atoms with van der Waals surface area (Å²) in [6.07, 6.45) is 0. The van der Waals surface area contributed by atoms with Crippen LogP contribution in [0.3, 0.4) is 0 Å². The summed E-state index contributed by atoms with van der Waals surface area (Å²) < 4.78 is 28.5. The van der Waals surface area contributed by atoms with Crippen LogP contribution in [0.4, 0.5) is 10.8 Å². The van der Waals surface area contributed by atoms with Crippen LogP contribution in [0, 0.1) is 5.92 Å². The van der Waals surface area contributed by atoms with Crippen LogP contribution >= 0.6 is 11.5 Å². The van der Waals surface area contributed by atoms with Gasteiger partial charge in [-0.15, -0.1) is 0 Å². The van der Waals surface area contributed by atoms with E-state index in [2.05, 4.69) is 35.2 Å². The van der Waals surface area contributed by atoms with Crippen LogP contribution in [0.1, 0.15) is 13.8 Å². The maximum atomic E-state index is 12.2. The third-order valence-electron chi connectivity index (χ3n) is 3.87. The molecule has 2 unspecified atom stereocenters. The summed E-state index contributed by atoms with van der Waals surface area (Å²) in [5, 5.41) is 0.695. The molecule has 0 saturated carbocycles. The van der Waals surface area contributed by atoms with E-state index in [9.17, 15) is 8.42 Å². The van der Waals surface area contributed by atoms with E-state index in [1.165, 1.54) is 11.5 Å². The molecule has 20 heavy (non-hydrogen) atoms. The lowest BCUT2D eigenvalue weighted by atomic mass is 10.1. The summed E-state index contributed by atoms with van der Waals surface area (Å²) in [7, 11) is 0.761. The molecular formula is C12H22N4O2S2. The lowest BCUT2D eigenvalue weighted by Gasteiger charge is -2.22. The fraction of sp³-hybridized carbons (Fsp3) is 0.750. The van der Waals surface area contributed by atoms with Crippen molar-refractivity contribution in [3.63, 3.8) is 0 Å². The number of nitrogens with zero attached hydrogens (tertiary/aromatic N) is 3. The van der Waals surface area contributed by atoms with Crippen molar-refractivity contribution >= 4 is 32.2 Å². The molecule has 0 radical (unpaired) electrons. The lowest BCUT2D eigenvalue weighted by molar-refractivity contribution is 0.266. The molecule has 2 atom stereocenters. The number of aromatic nitrogens is 1. The van der Waals surface area contributed by atoms with E-state index in [0.29, 0.717) is 17.0 Å². The largest absolute Gasteiger partial charge is 0.382 e. The zero-order valence-electron chi connectivity index (χ0n) is 12.3. The van der Waals surface area contributed by atoms with Gasteiger partial charge in [0.05, 0.1) is 5.75 Å². The second kappa shape index (κ2) is 5.50. The van der Waals surface area contributed by atoms with Crippen molar-refractivity contribution in [2.75, 3.05) is 43.6 Å². The first-order valence-corrected chi connectivity index (χ1v) is 9.09. The Morgan fingerprint density at radius 2 is 2.10 bits per heavy atom. The van der Waals surface area contributed by atoms with E-state index in [1.807, 2.05) is 0 Å². The number of likely N-dealkylation sites (N-methyl/N-ethyl adjacent to an activating group) is 1. The maximum Gasteiger partial charge on any atom is 0.184 e. The van der Waals surface area contributed by atoms with Crippen LogP contribution < -0.4 is 10.6 Å². The van der Waals surface area contributed by atoms with Crippen molar-refractivity contribution < 1.29 is 8.42 Å². The Kier molecular flexibility index (Phi) is 4.27. The first kappa shape index (κ1) is 15.5. The number of hydrogen-bond donors (Lipinski definition) is 1. The van der Waals surface area contributed by atoms with Crippen molar-refractivity contribution in [1.29, 1.82) is 0 Å². The molecule has 0 spiro atoms. The van der Waals surface area contributed by atoms with Crippen LogP contribution in [0.5, 0.6) is 0 Å². The fourth-order valence-electron chi connectivity index (χ4n) is 2.71. The molecule has 0 amide bonds. The zero-order chi connectivity index (χ0) is 15.1. The summed E-state index contributed by atoms with van der Waals surface area (Å²) in [5.74, 6) is 0.654. The molecule has 0 bridgehead atoms. The van der Waals surface area contributed by atoms with Gasteiger partial charge in [-0.3, -0.25) is 0 Å². The van der Waals surface area contributed by atoms with Crippen LogP contribution in [-0.2, 0) is 9.84 Å². The van der Waals surface area contributed by atoms with Gasteiger partial charge < -0.3 is 15.5 Å². The predicted octanol–water partition coefficient (Wildman–Crippen LogP) is 0.905. The molecule has 2 heterocycles. The number of rotatable bonds is 4. The number of nitrogen functional groups attached to an aromatic ring is 1. The lowest BCUT2D eigenvalue weighted by Crippen LogP contribution is -2.34. The van der Waals surface area contributed by atoms with Crippen molar-refractivity contribution in [2.45, 2.75) is 24.8 Å². The van der Waals surface area contributed by atoms with Gasteiger partial charge in [0.1, 0.15) is 9.90 Å². The first-order chi connectivity index (χ1) is 9.27. The Bertz CT molecular complexity index is 582. The average Bonchev–Trinajstić information content (AvgIpc) is 2.92. The summed E-state index contributed by atoms with van der Waals surface area (Å²) in [6.45, 7) is 5.45. The molecule has 1 fully saturated rings. The highest BCUT2D eigenvalue weighted by molar-refractivity contribution is 7.91. The van der Waals surface area contributed by atoms with Crippen molar-refractivity contribution in [2.24, 2.45) is 5.92 Å². The molecule has 8 heteroatoms. The highest BCUT2D eigenvalue weighted by Gasteiger charge is 2.35. The molecular weight excluding hydrogens is 296 g/mol. The Morgan fingerprint density at radius 3 is 2.60 bits per heavy atom. The van der Waals surface area contributed by atoms with Crippen molar-refractivity contribution in [3.8, 4) is 0 Å². The molecule has 1 aliphatic heterocycles. The first-order valence-electron chi connectivity index (χ1n) is 6.67. The maximum absolute atomic E-state index is 12.2. The van der Waals surface area contributed by atoms with E-state index < -0.39 is 9.84 Å². The molecule has 6 nitrogen and oxygen atoms in total. The second-order valence-electron chi connectivity index (χ2n) is 5.52. The molecule has 2 N–H and O–H groups in total. The molecule has 1 aliphatic rings. The van der Waals surface area contributed by atoms with Gasteiger partial charge in [-0.25, -0.2) is 8.42 Å². The van der Waals surface area contributed by atoms with Gasteiger partial charge >= 0.3 is 0 Å². The smallest absolute Gasteiger partial charge is 0.184 e. The van der Waals surface area contributed by atoms with E-state index in [-0.39, 0.29) is 16.5 Å². The quantitative estimate of drug-likeness (QED) is 0.889. The molecule has 0 aromatic carbocycles. The number of anilines is 2. The monoisotopic (exact) mass is 318 g/mol. The minimum absolute atomic E-state index is 0.0448. The predicted molar refractivity (Wildman–Crippen MR) is 83.1 cm³/mol. The number of sulfone groups is 1. The molecule has 2 rings (SSSR count). The van der Waals surface area contributed by atoms with Crippen LogP contribution in [0.2, 0.25) is 0 Å². The highest BCUT2D eigenvalue weighted by Crippen LogP contribution is 2.38. The van der Waals surface area contributed by atoms with Gasteiger partial charge in [-0.2, -0.15) is 4.37 Å². The Balaban J connectivity index is 2.37. The fourth-order valence-corrected chi connectivity index (χ4v) is 5.04. The SMILES string of the molecule is CCS(=O)(=O)c1c(N)nsc1N1CC(C)C(N(C)C)C1. The minimum Gasteiger partial charge on any atom is -0.382 e. The normalized spacial score (nSPS) is 23.8. The van der Waals surface area contributed by atoms with E-state index >= 15 is 0 Å². The van der Waals surface area contributed by atoms with Crippen molar-refractivity contribution in [3.05, 3.63) is 0 Å². The minimum atomic E-state index is -3.34. The van der Waals surface area contributed by atoms with Crippen LogP contribution in [0.15, 0.2) is 4.90 Å². The molecule has 1 aromatic heterocycles. The van der Waals surface area contributed by atoms with E-state index in [4.69, 9.17) is 5.73 Å². The van der Waals surface area contributed by atoms with Crippen LogP contribution in [-0.4, -0.2) is 56.7 Å². The number of hydrogen-bond acceptors (Lipinski definition) is 7. The van der Waals surface area contributed by atoms with Gasteiger partial charge in [0, 0.05) is 19.1 Å². The highest BCUT2D eigenvalue weighted by atomic mass is 32.2. The second-order valence-corrected chi connectivity index (χ2v) is 8.49. The Hall–Kier alpha value is -0.860. The summed E-state index contributed by atoms with van der Waals surface area (Å²) in [6, 6.07) is 0.413. The summed E-state index contributed by atoms with van der Waals surface area (Å²) in [5.41, 5.74) is 5.78. The third-order valence-corrected chi connectivity index (χ3v) is 6.71. The van der Waals surface area contributed by atoms with E-state index in [0.717, 1.165) is 13.1 Å². The molecule has 0 aliphatic carbocycles. The van der Waals surface area contributed by atoms with E-state index in [1.54, 1.807) is 6.92 Å². The summed E-state index contributed by atoms with van der Waals surface area (Å²) >= 11 is 1.18. The van der Waals surface area contributed by atoms with Crippen molar-refractivity contribution in [1.82, 2.24) is 9.27 Å². The van der Waals surface area contributed by atoms with Gasteiger partial charge in [-0.1, -0.05) is 13.8 Å². The standard InChI is InChI=1S/C12H22N4O2S2/c1-5-20(17,18)10-11(13)14-19-12(10)16-6-8(2)9(7-16)15(3)4/h8-9H,5-7H2,1-4H3,(H2,13,14). The van der Waals surface area contributed by atoms with Crippen LogP contribution in [0.25, 0.3) is 0 Å². The van der Waals surface area contributed by atoms with Gasteiger partial charge in [0.2, 0.25) is 0 Å². The topological polar surface area (TPSA) is 79.5 Å². The average molecular weight is 318 g/mol. The zero-order valence-corrected chi connectivity index (χ0v) is 14.0. The Morgan fingerprint density at radius 1 is 1.45 bits per heavy atom. The van der Waals surface area contributed by atoms with Gasteiger partial charge in [-0.05, 0) is 31.5 Å².